The molecule has 0 bridgehead atoms. The van der Waals surface area contributed by atoms with Gasteiger partial charge in [-0.2, -0.15) is 0 Å². The van der Waals surface area contributed by atoms with Crippen LogP contribution in [0.2, 0.25) is 0 Å². The van der Waals surface area contributed by atoms with Gasteiger partial charge in [0.15, 0.2) is 0 Å². The Morgan fingerprint density at radius 2 is 1.72 bits per heavy atom. The minimum absolute atomic E-state index is 0.117. The third-order valence-electron chi connectivity index (χ3n) is 3.11. The molecule has 0 saturated carbocycles. The van der Waals surface area contributed by atoms with Crippen molar-refractivity contribution in [2.45, 2.75) is 32.6 Å². The van der Waals surface area contributed by atoms with Gasteiger partial charge >= 0.3 is 0 Å². The summed E-state index contributed by atoms with van der Waals surface area (Å²) in [6, 6.07) is 3.39. The van der Waals surface area contributed by atoms with Gasteiger partial charge in [0, 0.05) is 42.9 Å². The summed E-state index contributed by atoms with van der Waals surface area (Å²) in [7, 11) is 0. The number of alkyl halides is 2. The number of rotatable bonds is 1. The first-order valence-electron chi connectivity index (χ1n) is 6.00. The lowest BCUT2D eigenvalue weighted by Gasteiger charge is -2.31. The molecule has 1 aliphatic heterocycles. The maximum absolute atomic E-state index is 13.0. The van der Waals surface area contributed by atoms with E-state index in [2.05, 4.69) is 4.98 Å². The highest BCUT2D eigenvalue weighted by molar-refractivity contribution is 5.94. The number of pyridine rings is 1. The molecule has 1 aromatic rings. The first kappa shape index (κ1) is 12.9. The highest BCUT2D eigenvalue weighted by atomic mass is 19.3. The Labute approximate surface area is 105 Å². The van der Waals surface area contributed by atoms with Crippen molar-refractivity contribution in [1.29, 1.82) is 0 Å². The number of carbonyl (C=O) groups excluding carboxylic acids is 1. The molecule has 2 heterocycles. The summed E-state index contributed by atoms with van der Waals surface area (Å²) >= 11 is 0. The maximum Gasteiger partial charge on any atom is 0.253 e. The molecule has 5 heteroatoms. The van der Waals surface area contributed by atoms with E-state index in [1.807, 2.05) is 13.8 Å². The molecule has 0 aliphatic carbocycles. The molecule has 0 N–H and O–H groups in total. The summed E-state index contributed by atoms with van der Waals surface area (Å²) in [6.45, 7) is 3.86. The van der Waals surface area contributed by atoms with Crippen LogP contribution in [0.1, 0.15) is 34.6 Å². The monoisotopic (exact) mass is 254 g/mol. The normalized spacial score (nSPS) is 18.8. The second-order valence-electron chi connectivity index (χ2n) is 4.79. The van der Waals surface area contributed by atoms with Crippen molar-refractivity contribution in [3.63, 3.8) is 0 Å². The minimum Gasteiger partial charge on any atom is -0.338 e. The van der Waals surface area contributed by atoms with Gasteiger partial charge < -0.3 is 4.90 Å². The molecule has 1 aromatic heterocycles. The lowest BCUT2D eigenvalue weighted by atomic mass is 10.1. The molecule has 1 aliphatic rings. The molecule has 18 heavy (non-hydrogen) atoms. The fourth-order valence-corrected chi connectivity index (χ4v) is 2.18. The van der Waals surface area contributed by atoms with Gasteiger partial charge in [-0.1, -0.05) is 0 Å². The van der Waals surface area contributed by atoms with E-state index in [0.29, 0.717) is 5.56 Å². The number of aryl methyl sites for hydroxylation is 2. The van der Waals surface area contributed by atoms with Gasteiger partial charge in [0.05, 0.1) is 0 Å². The maximum atomic E-state index is 13.0. The molecular formula is C13H16F2N2O. The minimum atomic E-state index is -2.62. The van der Waals surface area contributed by atoms with Gasteiger partial charge in [0.1, 0.15) is 0 Å². The molecule has 2 rings (SSSR count). The number of halogens is 2. The lowest BCUT2D eigenvalue weighted by molar-refractivity contribution is -0.0494. The van der Waals surface area contributed by atoms with Crippen LogP contribution in [-0.2, 0) is 0 Å². The second kappa shape index (κ2) is 4.63. The average Bonchev–Trinajstić information content (AvgIpc) is 2.27. The Morgan fingerprint density at radius 3 is 2.22 bits per heavy atom. The second-order valence-corrected chi connectivity index (χ2v) is 4.79. The summed E-state index contributed by atoms with van der Waals surface area (Å²) < 4.78 is 26.0. The molecule has 1 fully saturated rings. The summed E-state index contributed by atoms with van der Waals surface area (Å²) in [4.78, 5) is 17.9. The predicted octanol–water partition coefficient (Wildman–Crippen LogP) is 2.57. The average molecular weight is 254 g/mol. The lowest BCUT2D eigenvalue weighted by Crippen LogP contribution is -2.42. The molecule has 0 unspecified atom stereocenters. The van der Waals surface area contributed by atoms with Crippen LogP contribution >= 0.6 is 0 Å². The quantitative estimate of drug-likeness (QED) is 0.771. The fraction of sp³-hybridized carbons (Fsp3) is 0.538. The van der Waals surface area contributed by atoms with Crippen LogP contribution in [0.3, 0.4) is 0 Å². The van der Waals surface area contributed by atoms with Crippen LogP contribution in [0.4, 0.5) is 8.78 Å². The predicted molar refractivity (Wildman–Crippen MR) is 63.8 cm³/mol. The highest BCUT2D eigenvalue weighted by Crippen LogP contribution is 2.28. The first-order chi connectivity index (χ1) is 8.37. The zero-order chi connectivity index (χ0) is 13.3. The smallest absolute Gasteiger partial charge is 0.253 e. The molecular weight excluding hydrogens is 238 g/mol. The third-order valence-corrected chi connectivity index (χ3v) is 3.11. The van der Waals surface area contributed by atoms with E-state index in [9.17, 15) is 13.6 Å². The number of carbonyl (C=O) groups is 1. The standard InChI is InChI=1S/C13H16F2N2O/c1-9-7-11(8-10(2)16-9)12(18)17-5-3-13(14,15)4-6-17/h7-8H,3-6H2,1-2H3. The largest absolute Gasteiger partial charge is 0.338 e. The number of likely N-dealkylation sites (tertiary alicyclic amines) is 1. The van der Waals surface area contributed by atoms with Gasteiger partial charge in [-0.15, -0.1) is 0 Å². The van der Waals surface area contributed by atoms with Crippen LogP contribution in [0.5, 0.6) is 0 Å². The van der Waals surface area contributed by atoms with Crippen LogP contribution in [0.15, 0.2) is 12.1 Å². The summed E-state index contributed by atoms with van der Waals surface area (Å²) in [5.41, 5.74) is 2.06. The Balaban J connectivity index is 2.12. The zero-order valence-electron chi connectivity index (χ0n) is 10.5. The van der Waals surface area contributed by atoms with Crippen molar-refractivity contribution in [3.05, 3.63) is 29.1 Å². The molecule has 0 atom stereocenters. The van der Waals surface area contributed by atoms with Gasteiger partial charge in [0.25, 0.3) is 11.8 Å². The Morgan fingerprint density at radius 1 is 1.22 bits per heavy atom. The number of amides is 1. The number of hydrogen-bond donors (Lipinski definition) is 0. The third kappa shape index (κ3) is 2.83. The van der Waals surface area contributed by atoms with Crippen molar-refractivity contribution >= 4 is 5.91 Å². The molecule has 3 nitrogen and oxygen atoms in total. The van der Waals surface area contributed by atoms with E-state index in [0.717, 1.165) is 11.4 Å². The molecule has 98 valence electrons. The van der Waals surface area contributed by atoms with Crippen molar-refractivity contribution < 1.29 is 13.6 Å². The Bertz CT molecular complexity index is 444. The van der Waals surface area contributed by atoms with E-state index >= 15 is 0 Å². The summed E-state index contributed by atoms with van der Waals surface area (Å²) in [5, 5.41) is 0. The Kier molecular flexibility index (Phi) is 3.32. The van der Waals surface area contributed by atoms with E-state index in [1.54, 1.807) is 12.1 Å². The number of piperidine rings is 1. The van der Waals surface area contributed by atoms with Gasteiger partial charge in [-0.05, 0) is 26.0 Å². The number of nitrogens with zero attached hydrogens (tertiary/aromatic N) is 2. The zero-order valence-corrected chi connectivity index (χ0v) is 10.5. The molecule has 1 saturated heterocycles. The molecule has 0 spiro atoms. The summed E-state index contributed by atoms with van der Waals surface area (Å²) in [6.07, 6.45) is -0.496. The number of aromatic nitrogens is 1. The Hall–Kier alpha value is -1.52. The molecule has 0 aromatic carbocycles. The fourth-order valence-electron chi connectivity index (χ4n) is 2.18. The first-order valence-corrected chi connectivity index (χ1v) is 6.00. The molecule has 0 radical (unpaired) electrons. The highest BCUT2D eigenvalue weighted by Gasteiger charge is 2.35. The van der Waals surface area contributed by atoms with Crippen molar-refractivity contribution in [2.24, 2.45) is 0 Å². The SMILES string of the molecule is Cc1cc(C(=O)N2CCC(F)(F)CC2)cc(C)n1. The van der Waals surface area contributed by atoms with Crippen LogP contribution in [-0.4, -0.2) is 34.8 Å². The topological polar surface area (TPSA) is 33.2 Å². The van der Waals surface area contributed by atoms with Crippen LogP contribution in [0.25, 0.3) is 0 Å². The van der Waals surface area contributed by atoms with E-state index in [1.165, 1.54) is 4.90 Å². The van der Waals surface area contributed by atoms with Crippen LogP contribution in [0, 0.1) is 13.8 Å². The van der Waals surface area contributed by atoms with Crippen molar-refractivity contribution in [1.82, 2.24) is 9.88 Å². The summed E-state index contributed by atoms with van der Waals surface area (Å²) in [5.74, 6) is -2.81. The van der Waals surface area contributed by atoms with Gasteiger partial charge in [0.2, 0.25) is 0 Å². The number of hydrogen-bond acceptors (Lipinski definition) is 2. The molecule has 1 amide bonds. The van der Waals surface area contributed by atoms with E-state index < -0.39 is 5.92 Å². The van der Waals surface area contributed by atoms with E-state index in [-0.39, 0.29) is 31.8 Å². The van der Waals surface area contributed by atoms with Gasteiger partial charge in [-0.25, -0.2) is 8.78 Å². The van der Waals surface area contributed by atoms with Crippen molar-refractivity contribution in [3.8, 4) is 0 Å². The van der Waals surface area contributed by atoms with Crippen molar-refractivity contribution in [2.75, 3.05) is 13.1 Å². The van der Waals surface area contributed by atoms with E-state index in [4.69, 9.17) is 0 Å². The van der Waals surface area contributed by atoms with Crippen LogP contribution < -0.4 is 0 Å². The van der Waals surface area contributed by atoms with Gasteiger partial charge in [-0.3, -0.25) is 9.78 Å².